The van der Waals surface area contributed by atoms with Gasteiger partial charge in [0, 0.05) is 10.9 Å². The number of para-hydroxylation sites is 1. The molecule has 4 nitrogen and oxygen atoms in total. The van der Waals surface area contributed by atoms with E-state index in [9.17, 15) is 4.79 Å². The molecule has 2 aromatic carbocycles. The van der Waals surface area contributed by atoms with Gasteiger partial charge in [-0.05, 0) is 19.1 Å². The topological polar surface area (TPSA) is 47.8 Å². The Morgan fingerprint density at radius 3 is 2.71 bits per heavy atom. The second kappa shape index (κ2) is 6.02. The minimum atomic E-state index is -0.0366. The third-order valence-corrected chi connectivity index (χ3v) is 4.85. The number of fused-ring (bicyclic) bond motifs is 1. The van der Waals surface area contributed by atoms with Crippen molar-refractivity contribution in [1.29, 1.82) is 0 Å². The fourth-order valence-corrected chi connectivity index (χ4v) is 3.42. The van der Waals surface area contributed by atoms with Crippen molar-refractivity contribution in [2.75, 3.05) is 0 Å². The van der Waals surface area contributed by atoms with Crippen molar-refractivity contribution in [3.05, 3.63) is 81.8 Å². The first-order valence-corrected chi connectivity index (χ1v) is 8.54. The van der Waals surface area contributed by atoms with Crippen LogP contribution in [0.5, 0.6) is 0 Å². The van der Waals surface area contributed by atoms with Gasteiger partial charge < -0.3 is 0 Å². The second-order valence-electron chi connectivity index (χ2n) is 5.70. The van der Waals surface area contributed by atoms with Crippen LogP contribution in [0.3, 0.4) is 0 Å². The highest BCUT2D eigenvalue weighted by atomic mass is 32.1. The molecule has 0 fully saturated rings. The average Bonchev–Trinajstić information content (AvgIpc) is 3.07. The lowest BCUT2D eigenvalue weighted by Gasteiger charge is -2.04. The number of nitrogens with zero attached hydrogens (tertiary/aromatic N) is 3. The molecule has 0 N–H and O–H groups in total. The Morgan fingerprint density at radius 2 is 1.88 bits per heavy atom. The van der Waals surface area contributed by atoms with Gasteiger partial charge in [0.1, 0.15) is 5.01 Å². The summed E-state index contributed by atoms with van der Waals surface area (Å²) in [7, 11) is 0. The molecule has 0 aliphatic heterocycles. The van der Waals surface area contributed by atoms with Gasteiger partial charge in [0.25, 0.3) is 5.56 Å². The van der Waals surface area contributed by atoms with Gasteiger partial charge in [0.15, 0.2) is 0 Å². The van der Waals surface area contributed by atoms with E-state index in [2.05, 4.69) is 41.2 Å². The molecule has 0 radical (unpaired) electrons. The van der Waals surface area contributed by atoms with E-state index in [1.54, 1.807) is 28.3 Å². The summed E-state index contributed by atoms with van der Waals surface area (Å²) in [5.41, 5.74) is 3.88. The Hall–Kier alpha value is -2.79. The predicted octanol–water partition coefficient (Wildman–Crippen LogP) is 3.88. The molecule has 0 amide bonds. The van der Waals surface area contributed by atoms with Gasteiger partial charge in [-0.15, -0.1) is 11.3 Å². The lowest BCUT2D eigenvalue weighted by molar-refractivity contribution is 0.734. The van der Waals surface area contributed by atoms with Crippen LogP contribution in [0.2, 0.25) is 0 Å². The number of thiazole rings is 1. The molecule has 4 aromatic rings. The molecule has 4 rings (SSSR count). The van der Waals surface area contributed by atoms with Crippen LogP contribution < -0.4 is 5.56 Å². The van der Waals surface area contributed by atoms with Gasteiger partial charge >= 0.3 is 0 Å². The molecule has 0 saturated carbocycles. The fourth-order valence-electron chi connectivity index (χ4n) is 2.60. The van der Waals surface area contributed by atoms with E-state index in [1.165, 1.54) is 5.56 Å². The van der Waals surface area contributed by atoms with E-state index >= 15 is 0 Å². The number of aromatic nitrogens is 3. The summed E-state index contributed by atoms with van der Waals surface area (Å²) in [6.45, 7) is 2.50. The van der Waals surface area contributed by atoms with Gasteiger partial charge in [0.2, 0.25) is 0 Å². The summed E-state index contributed by atoms with van der Waals surface area (Å²) < 4.78 is 1.61. The van der Waals surface area contributed by atoms with Crippen molar-refractivity contribution in [3.63, 3.8) is 0 Å². The standard InChI is InChI=1S/C19H15N3OS/c1-13-6-8-14(9-7-13)18-21-15(11-24-18)10-22-12-20-17-5-3-2-4-16(17)19(22)23/h2-9,11-12H,10H2,1H3. The highest BCUT2D eigenvalue weighted by molar-refractivity contribution is 7.13. The molecule has 2 heterocycles. The lowest BCUT2D eigenvalue weighted by Crippen LogP contribution is -2.21. The van der Waals surface area contributed by atoms with Gasteiger partial charge in [-0.2, -0.15) is 0 Å². The summed E-state index contributed by atoms with van der Waals surface area (Å²) in [5, 5.41) is 3.59. The normalized spacial score (nSPS) is 11.0. The molecule has 0 atom stereocenters. The van der Waals surface area contributed by atoms with E-state index in [0.717, 1.165) is 21.8 Å². The zero-order valence-corrected chi connectivity index (χ0v) is 14.0. The Kier molecular flexibility index (Phi) is 3.70. The van der Waals surface area contributed by atoms with Crippen LogP contribution >= 0.6 is 11.3 Å². The quantitative estimate of drug-likeness (QED) is 0.572. The zero-order valence-electron chi connectivity index (χ0n) is 13.1. The maximum Gasteiger partial charge on any atom is 0.261 e. The van der Waals surface area contributed by atoms with E-state index in [1.807, 2.05) is 23.6 Å². The van der Waals surface area contributed by atoms with Crippen LogP contribution in [-0.2, 0) is 6.54 Å². The van der Waals surface area contributed by atoms with Crippen LogP contribution in [-0.4, -0.2) is 14.5 Å². The summed E-state index contributed by atoms with van der Waals surface area (Å²) in [5.74, 6) is 0. The van der Waals surface area contributed by atoms with Gasteiger partial charge in [0.05, 0.1) is 29.5 Å². The van der Waals surface area contributed by atoms with Crippen molar-refractivity contribution >= 4 is 22.2 Å². The maximum absolute atomic E-state index is 12.5. The molecular weight excluding hydrogens is 318 g/mol. The first-order chi connectivity index (χ1) is 11.7. The molecule has 2 aromatic heterocycles. The first kappa shape index (κ1) is 14.8. The van der Waals surface area contributed by atoms with Gasteiger partial charge in [-0.25, -0.2) is 9.97 Å². The predicted molar refractivity (Wildman–Crippen MR) is 97.4 cm³/mol. The lowest BCUT2D eigenvalue weighted by atomic mass is 10.2. The first-order valence-electron chi connectivity index (χ1n) is 7.66. The Bertz CT molecular complexity index is 1060. The van der Waals surface area contributed by atoms with Crippen molar-refractivity contribution < 1.29 is 0 Å². The molecule has 0 unspecified atom stereocenters. The minimum absolute atomic E-state index is 0.0366. The molecular formula is C19H15N3OS. The van der Waals surface area contributed by atoms with Gasteiger partial charge in [-0.3, -0.25) is 9.36 Å². The van der Waals surface area contributed by atoms with Crippen LogP contribution in [0.4, 0.5) is 0 Å². The minimum Gasteiger partial charge on any atom is -0.293 e. The van der Waals surface area contributed by atoms with E-state index in [0.29, 0.717) is 11.9 Å². The number of hydrogen-bond donors (Lipinski definition) is 0. The number of aryl methyl sites for hydroxylation is 1. The summed E-state index contributed by atoms with van der Waals surface area (Å²) in [4.78, 5) is 21.6. The molecule has 118 valence electrons. The van der Waals surface area contributed by atoms with Crippen LogP contribution in [0.15, 0.2) is 65.0 Å². The van der Waals surface area contributed by atoms with Crippen LogP contribution in [0.1, 0.15) is 11.3 Å². The third-order valence-electron chi connectivity index (χ3n) is 3.91. The highest BCUT2D eigenvalue weighted by Gasteiger charge is 2.08. The molecule has 0 spiro atoms. The number of benzene rings is 2. The fraction of sp³-hybridized carbons (Fsp3) is 0.105. The monoisotopic (exact) mass is 333 g/mol. The molecule has 5 heteroatoms. The summed E-state index contributed by atoms with van der Waals surface area (Å²) in [6, 6.07) is 15.7. The smallest absolute Gasteiger partial charge is 0.261 e. The SMILES string of the molecule is Cc1ccc(-c2nc(Cn3cnc4ccccc4c3=O)cs2)cc1. The Morgan fingerprint density at radius 1 is 1.08 bits per heavy atom. The van der Waals surface area contributed by atoms with E-state index in [4.69, 9.17) is 0 Å². The molecule has 0 saturated heterocycles. The largest absolute Gasteiger partial charge is 0.293 e. The summed E-state index contributed by atoms with van der Waals surface area (Å²) >= 11 is 1.59. The van der Waals surface area contributed by atoms with E-state index in [-0.39, 0.29) is 5.56 Å². The second-order valence-corrected chi connectivity index (χ2v) is 6.56. The molecule has 0 aliphatic rings. The molecule has 0 bridgehead atoms. The molecule has 0 aliphatic carbocycles. The Balaban J connectivity index is 1.66. The summed E-state index contributed by atoms with van der Waals surface area (Å²) in [6.07, 6.45) is 1.59. The van der Waals surface area contributed by atoms with Crippen molar-refractivity contribution in [1.82, 2.24) is 14.5 Å². The highest BCUT2D eigenvalue weighted by Crippen LogP contribution is 2.24. The van der Waals surface area contributed by atoms with Crippen LogP contribution in [0.25, 0.3) is 21.5 Å². The average molecular weight is 333 g/mol. The zero-order chi connectivity index (χ0) is 16.5. The molecule has 24 heavy (non-hydrogen) atoms. The number of hydrogen-bond acceptors (Lipinski definition) is 4. The van der Waals surface area contributed by atoms with Crippen molar-refractivity contribution in [3.8, 4) is 10.6 Å². The van der Waals surface area contributed by atoms with Gasteiger partial charge in [-0.1, -0.05) is 42.0 Å². The Labute approximate surface area is 143 Å². The van der Waals surface area contributed by atoms with Crippen LogP contribution in [0, 0.1) is 6.92 Å². The van der Waals surface area contributed by atoms with Crippen molar-refractivity contribution in [2.24, 2.45) is 0 Å². The maximum atomic E-state index is 12.5. The third kappa shape index (κ3) is 2.74. The number of rotatable bonds is 3. The van der Waals surface area contributed by atoms with Crippen molar-refractivity contribution in [2.45, 2.75) is 13.5 Å². The van der Waals surface area contributed by atoms with E-state index < -0.39 is 0 Å².